The topological polar surface area (TPSA) is 68.3 Å². The van der Waals surface area contributed by atoms with Gasteiger partial charge in [-0.15, -0.1) is 0 Å². The van der Waals surface area contributed by atoms with Gasteiger partial charge >= 0.3 is 0 Å². The number of benzene rings is 1. The van der Waals surface area contributed by atoms with Crippen molar-refractivity contribution in [3.05, 3.63) is 30.5 Å². The van der Waals surface area contributed by atoms with Gasteiger partial charge in [-0.1, -0.05) is 12.1 Å². The van der Waals surface area contributed by atoms with Gasteiger partial charge in [0.05, 0.1) is 5.69 Å². The van der Waals surface area contributed by atoms with Crippen molar-refractivity contribution >= 4 is 22.6 Å². The third-order valence-corrected chi connectivity index (χ3v) is 2.75. The molecule has 0 aliphatic rings. The summed E-state index contributed by atoms with van der Waals surface area (Å²) in [6.45, 7) is 3.82. The number of amides is 1. The van der Waals surface area contributed by atoms with E-state index in [1.165, 1.54) is 0 Å². The number of hydrogen-bond donors (Lipinski definition) is 2. The molecule has 4 nitrogen and oxygen atoms in total. The Hall–Kier alpha value is -1.81. The molecule has 1 aromatic heterocycles. The van der Waals surface area contributed by atoms with Gasteiger partial charge in [0, 0.05) is 17.3 Å². The molecule has 2 rings (SSSR count). The number of nitrogens with one attached hydrogen (secondary N) is 1. The van der Waals surface area contributed by atoms with Crippen molar-refractivity contribution < 1.29 is 9.21 Å². The summed E-state index contributed by atoms with van der Waals surface area (Å²) < 4.78 is 5.36. The number of nitrogens with two attached hydrogens (primary N) is 1. The van der Waals surface area contributed by atoms with Gasteiger partial charge < -0.3 is 15.5 Å². The first kappa shape index (κ1) is 12.6. The van der Waals surface area contributed by atoms with Gasteiger partial charge in [-0.3, -0.25) is 4.79 Å². The summed E-state index contributed by atoms with van der Waals surface area (Å²) in [5.74, 6) is -0.0416. The summed E-state index contributed by atoms with van der Waals surface area (Å²) in [5, 5.41) is 3.76. The molecule has 0 radical (unpaired) electrons. The summed E-state index contributed by atoms with van der Waals surface area (Å²) in [5.41, 5.74) is 7.01. The van der Waals surface area contributed by atoms with Crippen LogP contribution in [0.25, 0.3) is 11.0 Å². The maximum Gasteiger partial charge on any atom is 0.224 e. The van der Waals surface area contributed by atoms with Crippen LogP contribution in [-0.4, -0.2) is 11.4 Å². The van der Waals surface area contributed by atoms with Crippen molar-refractivity contribution in [2.24, 2.45) is 5.73 Å². The van der Waals surface area contributed by atoms with Gasteiger partial charge in [0.15, 0.2) is 0 Å². The molecule has 3 N–H and O–H groups in total. The van der Waals surface area contributed by atoms with E-state index in [1.807, 2.05) is 38.1 Å². The molecule has 0 aliphatic carbocycles. The summed E-state index contributed by atoms with van der Waals surface area (Å²) in [6.07, 6.45) is 2.62. The zero-order chi connectivity index (χ0) is 13.2. The lowest BCUT2D eigenvalue weighted by Crippen LogP contribution is -2.33. The molecule has 0 aliphatic heterocycles. The Labute approximate surface area is 106 Å². The highest BCUT2D eigenvalue weighted by atomic mass is 16.3. The van der Waals surface area contributed by atoms with Crippen molar-refractivity contribution in [1.82, 2.24) is 0 Å². The Morgan fingerprint density at radius 1 is 1.39 bits per heavy atom. The van der Waals surface area contributed by atoms with Gasteiger partial charge in [-0.05, 0) is 32.4 Å². The van der Waals surface area contributed by atoms with Crippen molar-refractivity contribution in [1.29, 1.82) is 0 Å². The van der Waals surface area contributed by atoms with E-state index >= 15 is 0 Å². The predicted molar refractivity (Wildman–Crippen MR) is 72.3 cm³/mol. The Morgan fingerprint density at radius 2 is 2.11 bits per heavy atom. The van der Waals surface area contributed by atoms with Crippen LogP contribution in [0.2, 0.25) is 0 Å². The van der Waals surface area contributed by atoms with E-state index in [0.717, 1.165) is 11.0 Å². The van der Waals surface area contributed by atoms with Crippen LogP contribution in [0.5, 0.6) is 0 Å². The Bertz CT molecular complexity index is 552. The molecular weight excluding hydrogens is 228 g/mol. The minimum atomic E-state index is -0.324. The fraction of sp³-hybridized carbons (Fsp3) is 0.357. The average Bonchev–Trinajstić information content (AvgIpc) is 2.70. The van der Waals surface area contributed by atoms with Crippen LogP contribution in [0, 0.1) is 0 Å². The van der Waals surface area contributed by atoms with Gasteiger partial charge in [0.25, 0.3) is 0 Å². The monoisotopic (exact) mass is 246 g/mol. The molecule has 1 heterocycles. The van der Waals surface area contributed by atoms with Gasteiger partial charge in [-0.2, -0.15) is 0 Å². The smallest absolute Gasteiger partial charge is 0.224 e. The molecular formula is C14H18N2O2. The molecule has 4 heteroatoms. The van der Waals surface area contributed by atoms with E-state index in [-0.39, 0.29) is 11.4 Å². The minimum Gasteiger partial charge on any atom is -0.462 e. The molecule has 0 bridgehead atoms. The summed E-state index contributed by atoms with van der Waals surface area (Å²) >= 11 is 0. The summed E-state index contributed by atoms with van der Waals surface area (Å²) in [7, 11) is 0. The molecule has 2 aromatic rings. The predicted octanol–water partition coefficient (Wildman–Crippen LogP) is 2.89. The maximum atomic E-state index is 11.8. The highest BCUT2D eigenvalue weighted by molar-refractivity contribution is 6.00. The Kier molecular flexibility index (Phi) is 3.39. The number of hydrogen-bond acceptors (Lipinski definition) is 3. The van der Waals surface area contributed by atoms with Crippen LogP contribution in [0.4, 0.5) is 5.69 Å². The quantitative estimate of drug-likeness (QED) is 0.871. The molecule has 0 atom stereocenters. The molecule has 0 saturated heterocycles. The molecule has 0 fully saturated rings. The van der Waals surface area contributed by atoms with Crippen LogP contribution >= 0.6 is 0 Å². The highest BCUT2D eigenvalue weighted by Crippen LogP contribution is 2.25. The van der Waals surface area contributed by atoms with Crippen LogP contribution in [0.1, 0.15) is 26.7 Å². The lowest BCUT2D eigenvalue weighted by molar-refractivity contribution is -0.116. The molecule has 0 spiro atoms. The summed E-state index contributed by atoms with van der Waals surface area (Å²) in [6, 6.07) is 7.60. The van der Waals surface area contributed by atoms with Crippen molar-refractivity contribution in [3.8, 4) is 0 Å². The first-order chi connectivity index (χ1) is 8.46. The van der Waals surface area contributed by atoms with Crippen molar-refractivity contribution in [3.63, 3.8) is 0 Å². The zero-order valence-corrected chi connectivity index (χ0v) is 10.7. The van der Waals surface area contributed by atoms with Crippen LogP contribution < -0.4 is 11.1 Å². The average molecular weight is 246 g/mol. The van der Waals surface area contributed by atoms with Gasteiger partial charge in [0.2, 0.25) is 5.91 Å². The molecule has 1 amide bonds. The number of anilines is 1. The van der Waals surface area contributed by atoms with Crippen LogP contribution in [-0.2, 0) is 4.79 Å². The largest absolute Gasteiger partial charge is 0.462 e. The fourth-order valence-electron chi connectivity index (χ4n) is 1.72. The molecule has 96 valence electrons. The summed E-state index contributed by atoms with van der Waals surface area (Å²) in [4.78, 5) is 11.8. The second-order valence-electron chi connectivity index (χ2n) is 5.18. The van der Waals surface area contributed by atoms with E-state index in [9.17, 15) is 4.79 Å². The number of carbonyl (C=O) groups excluding carboxylic acids is 1. The maximum absolute atomic E-state index is 11.8. The number of fused-ring (bicyclic) bond motifs is 1. The molecule has 0 unspecified atom stereocenters. The minimum absolute atomic E-state index is 0.0416. The second kappa shape index (κ2) is 4.82. The van der Waals surface area contributed by atoms with Crippen LogP contribution in [0.3, 0.4) is 0 Å². The number of rotatable bonds is 4. The van der Waals surface area contributed by atoms with Crippen molar-refractivity contribution in [2.75, 3.05) is 5.32 Å². The standard InChI is InChI=1S/C14H18N2O2/c1-14(2,15)8-7-13(17)16-11-9-18-12-6-4-3-5-10(11)12/h3-6,9H,7-8,15H2,1-2H3,(H,16,17). The number of carbonyl (C=O) groups is 1. The third-order valence-electron chi connectivity index (χ3n) is 2.75. The fourth-order valence-corrected chi connectivity index (χ4v) is 1.72. The lowest BCUT2D eigenvalue weighted by Gasteiger charge is -2.17. The Morgan fingerprint density at radius 3 is 2.83 bits per heavy atom. The van der Waals surface area contributed by atoms with Gasteiger partial charge in [0.1, 0.15) is 11.8 Å². The van der Waals surface area contributed by atoms with Gasteiger partial charge in [-0.25, -0.2) is 0 Å². The molecule has 0 saturated carbocycles. The molecule has 18 heavy (non-hydrogen) atoms. The van der Waals surface area contributed by atoms with Crippen molar-refractivity contribution in [2.45, 2.75) is 32.2 Å². The number of para-hydroxylation sites is 1. The van der Waals surface area contributed by atoms with Crippen LogP contribution in [0.15, 0.2) is 34.9 Å². The lowest BCUT2D eigenvalue weighted by atomic mass is 10.00. The zero-order valence-electron chi connectivity index (χ0n) is 10.7. The third kappa shape index (κ3) is 3.11. The van der Waals surface area contributed by atoms with E-state index < -0.39 is 0 Å². The molecule has 1 aromatic carbocycles. The first-order valence-electron chi connectivity index (χ1n) is 6.01. The SMILES string of the molecule is CC(C)(N)CCC(=O)Nc1coc2ccccc12. The van der Waals surface area contributed by atoms with E-state index in [0.29, 0.717) is 18.5 Å². The Balaban J connectivity index is 2.03. The normalized spacial score (nSPS) is 11.7. The van der Waals surface area contributed by atoms with E-state index in [2.05, 4.69) is 5.32 Å². The first-order valence-corrected chi connectivity index (χ1v) is 6.01. The highest BCUT2D eigenvalue weighted by Gasteiger charge is 2.14. The van der Waals surface area contributed by atoms with E-state index in [1.54, 1.807) is 6.26 Å². The number of furan rings is 1. The van der Waals surface area contributed by atoms with E-state index in [4.69, 9.17) is 10.2 Å². The second-order valence-corrected chi connectivity index (χ2v) is 5.18.